The number of ether oxygens (including phenoxy) is 1. The molecule has 1 aromatic heterocycles. The zero-order valence-electron chi connectivity index (χ0n) is 18.1. The molecule has 1 aliphatic heterocycles. The van der Waals surface area contributed by atoms with E-state index in [1.807, 2.05) is 48.5 Å². The number of carbonyl (C=O) groups excluding carboxylic acids is 1. The molecular weight excluding hydrogens is 414 g/mol. The fourth-order valence-corrected chi connectivity index (χ4v) is 3.79. The summed E-state index contributed by atoms with van der Waals surface area (Å²) in [6.07, 6.45) is 4.34. The van der Waals surface area contributed by atoms with Crippen LogP contribution in [-0.2, 0) is 11.2 Å². The Morgan fingerprint density at radius 1 is 1.09 bits per heavy atom. The highest BCUT2D eigenvalue weighted by Gasteiger charge is 2.27. The molecule has 2 heterocycles. The van der Waals surface area contributed by atoms with Crippen molar-refractivity contribution in [2.75, 3.05) is 11.9 Å². The molecule has 1 saturated heterocycles. The molecule has 7 heteroatoms. The van der Waals surface area contributed by atoms with E-state index >= 15 is 0 Å². The molecule has 0 unspecified atom stereocenters. The lowest BCUT2D eigenvalue weighted by atomic mass is 10.1. The van der Waals surface area contributed by atoms with Crippen LogP contribution in [0.2, 0.25) is 0 Å². The summed E-state index contributed by atoms with van der Waals surface area (Å²) in [4.78, 5) is 18.3. The maximum atomic E-state index is 12.4. The highest BCUT2D eigenvalue weighted by atomic mass is 16.5. The second-order valence-electron chi connectivity index (χ2n) is 7.78. The van der Waals surface area contributed by atoms with Crippen molar-refractivity contribution >= 4 is 17.4 Å². The third-order valence-electron chi connectivity index (χ3n) is 5.55. The van der Waals surface area contributed by atoms with Gasteiger partial charge in [-0.2, -0.15) is 10.5 Å². The van der Waals surface area contributed by atoms with Crippen LogP contribution in [0.25, 0.3) is 0 Å². The maximum absolute atomic E-state index is 12.4. The number of anilines is 2. The summed E-state index contributed by atoms with van der Waals surface area (Å²) < 4.78 is 5.91. The molecule has 1 amide bonds. The number of nitrogens with one attached hydrogen (secondary N) is 1. The maximum Gasteiger partial charge on any atom is 0.223 e. The van der Waals surface area contributed by atoms with Gasteiger partial charge in [-0.25, -0.2) is 4.98 Å². The summed E-state index contributed by atoms with van der Waals surface area (Å²) in [5.74, 6) is 1.93. The van der Waals surface area contributed by atoms with E-state index in [9.17, 15) is 10.1 Å². The van der Waals surface area contributed by atoms with E-state index in [0.29, 0.717) is 42.3 Å². The van der Waals surface area contributed by atoms with E-state index in [-0.39, 0.29) is 11.9 Å². The second-order valence-corrected chi connectivity index (χ2v) is 7.78. The SMILES string of the molecule is N#Cc1cccnc1Nc1ccc(Oc2ccc(CCC(=O)N3CCC[C@H]3C#N)cc2)cc1. The van der Waals surface area contributed by atoms with Gasteiger partial charge in [0.05, 0.1) is 11.6 Å². The summed E-state index contributed by atoms with van der Waals surface area (Å²) in [6.45, 7) is 0.680. The number of amides is 1. The Hall–Kier alpha value is -4.36. The first-order valence-corrected chi connectivity index (χ1v) is 10.8. The summed E-state index contributed by atoms with van der Waals surface area (Å²) in [7, 11) is 0. The van der Waals surface area contributed by atoms with E-state index in [2.05, 4.69) is 22.4 Å². The molecule has 0 spiro atoms. The molecule has 1 aliphatic rings. The molecule has 3 aromatic rings. The number of hydrogen-bond acceptors (Lipinski definition) is 6. The van der Waals surface area contributed by atoms with Crippen molar-refractivity contribution in [1.82, 2.24) is 9.88 Å². The van der Waals surface area contributed by atoms with E-state index in [1.54, 1.807) is 23.2 Å². The summed E-state index contributed by atoms with van der Waals surface area (Å²) in [5, 5.41) is 21.5. The first-order chi connectivity index (χ1) is 16.2. The van der Waals surface area contributed by atoms with Crippen LogP contribution in [-0.4, -0.2) is 28.4 Å². The van der Waals surface area contributed by atoms with Gasteiger partial charge in [-0.1, -0.05) is 12.1 Å². The molecule has 1 atom stereocenters. The molecule has 164 valence electrons. The minimum absolute atomic E-state index is 0.0423. The molecule has 0 aliphatic carbocycles. The summed E-state index contributed by atoms with van der Waals surface area (Å²) in [6, 6.07) is 22.6. The number of nitriles is 2. The molecule has 33 heavy (non-hydrogen) atoms. The zero-order valence-corrected chi connectivity index (χ0v) is 18.1. The van der Waals surface area contributed by atoms with E-state index in [1.165, 1.54) is 0 Å². The molecule has 0 bridgehead atoms. The zero-order chi connectivity index (χ0) is 23.0. The van der Waals surface area contributed by atoms with Crippen molar-refractivity contribution in [3.63, 3.8) is 0 Å². The largest absolute Gasteiger partial charge is 0.457 e. The number of hydrogen-bond donors (Lipinski definition) is 1. The van der Waals surface area contributed by atoms with Crippen molar-refractivity contribution in [2.45, 2.75) is 31.7 Å². The van der Waals surface area contributed by atoms with Gasteiger partial charge in [0.2, 0.25) is 5.91 Å². The van der Waals surface area contributed by atoms with Crippen LogP contribution in [0.5, 0.6) is 11.5 Å². The number of likely N-dealkylation sites (tertiary alicyclic amines) is 1. The Morgan fingerprint density at radius 3 is 2.52 bits per heavy atom. The van der Waals surface area contributed by atoms with Crippen LogP contribution in [0.1, 0.15) is 30.4 Å². The van der Waals surface area contributed by atoms with Crippen LogP contribution in [0.3, 0.4) is 0 Å². The second kappa shape index (κ2) is 10.3. The standard InChI is InChI=1S/C26H23N5O2/c27-17-20-3-1-15-29-26(20)30-21-8-12-24(13-9-21)33-23-10-5-19(6-11-23)7-14-25(32)31-16-2-4-22(31)18-28/h1,3,5-6,8-13,15,22H,2,4,7,14,16H2,(H,29,30)/t22-/m0/s1. The molecule has 2 aromatic carbocycles. The van der Waals surface area contributed by atoms with Gasteiger partial charge in [0, 0.05) is 24.8 Å². The van der Waals surface area contributed by atoms with Gasteiger partial charge in [-0.05, 0) is 73.4 Å². The predicted molar refractivity (Wildman–Crippen MR) is 124 cm³/mol. The Balaban J connectivity index is 1.30. The molecule has 0 radical (unpaired) electrons. The summed E-state index contributed by atoms with van der Waals surface area (Å²) in [5.41, 5.74) is 2.32. The molecule has 1 fully saturated rings. The number of carbonyl (C=O) groups is 1. The smallest absolute Gasteiger partial charge is 0.223 e. The molecule has 7 nitrogen and oxygen atoms in total. The average Bonchev–Trinajstić information content (AvgIpc) is 3.34. The van der Waals surface area contributed by atoms with Crippen LogP contribution in [0, 0.1) is 22.7 Å². The fraction of sp³-hybridized carbons (Fsp3) is 0.231. The highest BCUT2D eigenvalue weighted by molar-refractivity contribution is 5.77. The van der Waals surface area contributed by atoms with Crippen LogP contribution in [0.15, 0.2) is 66.9 Å². The topological polar surface area (TPSA) is 102 Å². The Labute approximate surface area is 192 Å². The van der Waals surface area contributed by atoms with Crippen LogP contribution < -0.4 is 10.1 Å². The monoisotopic (exact) mass is 437 g/mol. The summed E-state index contributed by atoms with van der Waals surface area (Å²) >= 11 is 0. The molecule has 0 saturated carbocycles. The highest BCUT2D eigenvalue weighted by Crippen LogP contribution is 2.26. The molecule has 4 rings (SSSR count). The third-order valence-corrected chi connectivity index (χ3v) is 5.55. The Morgan fingerprint density at radius 2 is 1.82 bits per heavy atom. The van der Waals surface area contributed by atoms with Gasteiger partial charge in [0.1, 0.15) is 29.4 Å². The minimum Gasteiger partial charge on any atom is -0.457 e. The van der Waals surface area contributed by atoms with Crippen molar-refractivity contribution in [1.29, 1.82) is 10.5 Å². The Kier molecular flexibility index (Phi) is 6.82. The lowest BCUT2D eigenvalue weighted by Gasteiger charge is -2.19. The number of aryl methyl sites for hydroxylation is 1. The lowest BCUT2D eigenvalue weighted by molar-refractivity contribution is -0.131. The van der Waals surface area contributed by atoms with Gasteiger partial charge >= 0.3 is 0 Å². The van der Waals surface area contributed by atoms with Gasteiger partial charge in [0.25, 0.3) is 0 Å². The van der Waals surface area contributed by atoms with E-state index < -0.39 is 0 Å². The van der Waals surface area contributed by atoms with Crippen molar-refractivity contribution in [3.8, 4) is 23.6 Å². The van der Waals surface area contributed by atoms with Gasteiger partial charge in [-0.15, -0.1) is 0 Å². The normalized spacial score (nSPS) is 14.8. The predicted octanol–water partition coefficient (Wildman–Crippen LogP) is 4.94. The van der Waals surface area contributed by atoms with E-state index in [4.69, 9.17) is 10.00 Å². The number of rotatable bonds is 7. The number of pyridine rings is 1. The van der Waals surface area contributed by atoms with Gasteiger partial charge in [-0.3, -0.25) is 4.79 Å². The van der Waals surface area contributed by atoms with Crippen molar-refractivity contribution < 1.29 is 9.53 Å². The fourth-order valence-electron chi connectivity index (χ4n) is 3.79. The van der Waals surface area contributed by atoms with Crippen molar-refractivity contribution in [3.05, 3.63) is 78.0 Å². The van der Waals surface area contributed by atoms with Gasteiger partial charge in [0.15, 0.2) is 0 Å². The first kappa shape index (κ1) is 21.9. The molecular formula is C26H23N5O2. The number of nitrogens with zero attached hydrogens (tertiary/aromatic N) is 4. The molecule has 1 N–H and O–H groups in total. The van der Waals surface area contributed by atoms with Crippen LogP contribution >= 0.6 is 0 Å². The average molecular weight is 438 g/mol. The Bertz CT molecular complexity index is 1190. The minimum atomic E-state index is -0.271. The van der Waals surface area contributed by atoms with Crippen molar-refractivity contribution in [2.24, 2.45) is 0 Å². The quantitative estimate of drug-likeness (QED) is 0.562. The first-order valence-electron chi connectivity index (χ1n) is 10.8. The lowest BCUT2D eigenvalue weighted by Crippen LogP contribution is -2.34. The number of benzene rings is 2. The van der Waals surface area contributed by atoms with E-state index in [0.717, 1.165) is 24.1 Å². The van der Waals surface area contributed by atoms with Gasteiger partial charge < -0.3 is 15.0 Å². The number of aromatic nitrogens is 1. The van der Waals surface area contributed by atoms with Crippen LogP contribution in [0.4, 0.5) is 11.5 Å². The third kappa shape index (κ3) is 5.47.